The van der Waals surface area contributed by atoms with Crippen molar-refractivity contribution in [3.05, 3.63) is 107 Å². The molecule has 0 bridgehead atoms. The van der Waals surface area contributed by atoms with Gasteiger partial charge in [0, 0.05) is 19.6 Å². The number of nitrogens with zero attached hydrogens (tertiary/aromatic N) is 1. The number of carboxylic acid groups (broad SMARTS) is 1. The number of aliphatic carboxylic acids is 1. The topological polar surface area (TPSA) is 40.5 Å². The van der Waals surface area contributed by atoms with Crippen LogP contribution in [0.15, 0.2) is 84.9 Å². The summed E-state index contributed by atoms with van der Waals surface area (Å²) < 4.78 is 0. The van der Waals surface area contributed by atoms with Crippen molar-refractivity contribution < 1.29 is 9.90 Å². The van der Waals surface area contributed by atoms with Gasteiger partial charge in [-0.05, 0) is 22.3 Å². The molecule has 0 amide bonds. The van der Waals surface area contributed by atoms with Crippen LogP contribution in [0.5, 0.6) is 0 Å². The number of rotatable bonds is 8. The highest BCUT2D eigenvalue weighted by Crippen LogP contribution is 2.15. The number of carbonyl (C=O) groups is 1. The summed E-state index contributed by atoms with van der Waals surface area (Å²) in [5, 5.41) is 8.90. The van der Waals surface area contributed by atoms with Crippen molar-refractivity contribution in [3.8, 4) is 0 Å². The van der Waals surface area contributed by atoms with E-state index in [2.05, 4.69) is 53.4 Å². The predicted molar refractivity (Wildman–Crippen MR) is 104 cm³/mol. The quantitative estimate of drug-likeness (QED) is 0.653. The van der Waals surface area contributed by atoms with Crippen molar-refractivity contribution in [2.24, 2.45) is 0 Å². The molecule has 3 rings (SSSR count). The molecule has 1 N–H and O–H groups in total. The van der Waals surface area contributed by atoms with Gasteiger partial charge in [0.25, 0.3) is 0 Å². The lowest BCUT2D eigenvalue weighted by Gasteiger charge is -2.23. The molecule has 0 heterocycles. The van der Waals surface area contributed by atoms with Gasteiger partial charge in [0.1, 0.15) is 0 Å². The molecule has 132 valence electrons. The van der Waals surface area contributed by atoms with Crippen LogP contribution >= 0.6 is 0 Å². The molecule has 0 saturated carbocycles. The second-order valence-electron chi connectivity index (χ2n) is 6.50. The maximum atomic E-state index is 10.8. The Hall–Kier alpha value is -2.91. The Kier molecular flexibility index (Phi) is 6.18. The van der Waals surface area contributed by atoms with Crippen LogP contribution in [-0.4, -0.2) is 16.0 Å². The third kappa shape index (κ3) is 5.57. The van der Waals surface area contributed by atoms with Crippen molar-refractivity contribution in [1.82, 2.24) is 4.90 Å². The highest BCUT2D eigenvalue weighted by molar-refractivity contribution is 5.70. The molecule has 26 heavy (non-hydrogen) atoms. The summed E-state index contributed by atoms with van der Waals surface area (Å²) in [7, 11) is 0. The molecule has 3 aromatic carbocycles. The first-order valence-electron chi connectivity index (χ1n) is 8.79. The maximum absolute atomic E-state index is 10.8. The minimum Gasteiger partial charge on any atom is -0.481 e. The summed E-state index contributed by atoms with van der Waals surface area (Å²) in [6.45, 7) is 2.55. The Balaban J connectivity index is 1.73. The standard InChI is InChI=1S/C23H23NO2/c25-23(26)15-19-11-13-22(14-12-19)18-24(16-20-7-3-1-4-8-20)17-21-9-5-2-6-10-21/h1-14H,15-18H2,(H,25,26). The van der Waals surface area contributed by atoms with Gasteiger partial charge in [0.05, 0.1) is 6.42 Å². The van der Waals surface area contributed by atoms with Gasteiger partial charge in [-0.15, -0.1) is 0 Å². The number of hydrogen-bond acceptors (Lipinski definition) is 2. The minimum absolute atomic E-state index is 0.0675. The van der Waals surface area contributed by atoms with E-state index in [0.717, 1.165) is 25.2 Å². The van der Waals surface area contributed by atoms with Crippen molar-refractivity contribution in [2.75, 3.05) is 0 Å². The van der Waals surface area contributed by atoms with Crippen LogP contribution < -0.4 is 0 Å². The van der Waals surface area contributed by atoms with Crippen molar-refractivity contribution in [2.45, 2.75) is 26.1 Å². The van der Waals surface area contributed by atoms with E-state index in [1.54, 1.807) is 0 Å². The van der Waals surface area contributed by atoms with E-state index in [1.165, 1.54) is 16.7 Å². The molecule has 0 unspecified atom stereocenters. The van der Waals surface area contributed by atoms with Gasteiger partial charge in [-0.2, -0.15) is 0 Å². The lowest BCUT2D eigenvalue weighted by Crippen LogP contribution is -2.22. The Labute approximate surface area is 154 Å². The molecule has 0 aliphatic carbocycles. The first-order chi connectivity index (χ1) is 12.7. The zero-order valence-corrected chi connectivity index (χ0v) is 14.7. The minimum atomic E-state index is -0.799. The van der Waals surface area contributed by atoms with E-state index in [9.17, 15) is 4.79 Å². The molecule has 0 aromatic heterocycles. The van der Waals surface area contributed by atoms with Gasteiger partial charge < -0.3 is 5.11 Å². The monoisotopic (exact) mass is 345 g/mol. The van der Waals surface area contributed by atoms with Crippen LogP contribution in [0, 0.1) is 0 Å². The molecule has 0 atom stereocenters. The zero-order valence-electron chi connectivity index (χ0n) is 14.7. The average Bonchev–Trinajstić information content (AvgIpc) is 2.64. The van der Waals surface area contributed by atoms with Gasteiger partial charge >= 0.3 is 5.97 Å². The number of carboxylic acids is 1. The van der Waals surface area contributed by atoms with Crippen LogP contribution in [0.1, 0.15) is 22.3 Å². The third-order valence-corrected chi connectivity index (χ3v) is 4.28. The van der Waals surface area contributed by atoms with E-state index in [1.807, 2.05) is 36.4 Å². The molecule has 3 aromatic rings. The third-order valence-electron chi connectivity index (χ3n) is 4.28. The summed E-state index contributed by atoms with van der Waals surface area (Å²) in [5.41, 5.74) is 4.58. The van der Waals surface area contributed by atoms with Gasteiger partial charge in [-0.1, -0.05) is 84.9 Å². The summed E-state index contributed by atoms with van der Waals surface area (Å²) in [6.07, 6.45) is 0.0675. The molecule has 0 aliphatic heterocycles. The first kappa shape index (κ1) is 17.9. The highest BCUT2D eigenvalue weighted by atomic mass is 16.4. The second kappa shape index (κ2) is 8.97. The van der Waals surface area contributed by atoms with Gasteiger partial charge in [0.15, 0.2) is 0 Å². The Morgan fingerprint density at radius 2 is 1.00 bits per heavy atom. The SMILES string of the molecule is O=C(O)Cc1ccc(CN(Cc2ccccc2)Cc2ccccc2)cc1. The molecule has 0 saturated heterocycles. The highest BCUT2D eigenvalue weighted by Gasteiger charge is 2.09. The summed E-state index contributed by atoms with van der Waals surface area (Å²) in [6, 6.07) is 28.8. The van der Waals surface area contributed by atoms with Crippen molar-refractivity contribution >= 4 is 5.97 Å². The normalized spacial score (nSPS) is 10.8. The first-order valence-corrected chi connectivity index (χ1v) is 8.79. The molecule has 0 radical (unpaired) electrons. The van der Waals surface area contributed by atoms with Crippen LogP contribution in [0.25, 0.3) is 0 Å². The average molecular weight is 345 g/mol. The smallest absolute Gasteiger partial charge is 0.307 e. The summed E-state index contributed by atoms with van der Waals surface area (Å²) in [5.74, 6) is -0.799. The molecule has 0 fully saturated rings. The van der Waals surface area contributed by atoms with Crippen LogP contribution in [0.4, 0.5) is 0 Å². The fourth-order valence-corrected chi connectivity index (χ4v) is 3.05. The second-order valence-corrected chi connectivity index (χ2v) is 6.50. The van der Waals surface area contributed by atoms with E-state index in [0.29, 0.717) is 0 Å². The maximum Gasteiger partial charge on any atom is 0.307 e. The Bertz CT molecular complexity index is 772. The van der Waals surface area contributed by atoms with Gasteiger partial charge in [0.2, 0.25) is 0 Å². The zero-order chi connectivity index (χ0) is 18.2. The van der Waals surface area contributed by atoms with E-state index in [4.69, 9.17) is 5.11 Å². The van der Waals surface area contributed by atoms with Crippen LogP contribution in [-0.2, 0) is 30.8 Å². The number of benzene rings is 3. The van der Waals surface area contributed by atoms with Crippen LogP contribution in [0.2, 0.25) is 0 Å². The van der Waals surface area contributed by atoms with Crippen LogP contribution in [0.3, 0.4) is 0 Å². The van der Waals surface area contributed by atoms with E-state index < -0.39 is 5.97 Å². The van der Waals surface area contributed by atoms with Crippen molar-refractivity contribution in [1.29, 1.82) is 0 Å². The van der Waals surface area contributed by atoms with E-state index >= 15 is 0 Å². The molecule has 0 aliphatic rings. The lowest BCUT2D eigenvalue weighted by atomic mass is 10.1. The summed E-state index contributed by atoms with van der Waals surface area (Å²) >= 11 is 0. The predicted octanol–water partition coefficient (Wildman–Crippen LogP) is 4.52. The summed E-state index contributed by atoms with van der Waals surface area (Å²) in [4.78, 5) is 13.2. The molecular formula is C23H23NO2. The molecule has 3 heteroatoms. The Morgan fingerprint density at radius 3 is 1.42 bits per heavy atom. The van der Waals surface area contributed by atoms with Crippen molar-refractivity contribution in [3.63, 3.8) is 0 Å². The van der Waals surface area contributed by atoms with Gasteiger partial charge in [-0.25, -0.2) is 0 Å². The number of hydrogen-bond donors (Lipinski definition) is 1. The van der Waals surface area contributed by atoms with E-state index in [-0.39, 0.29) is 6.42 Å². The fraction of sp³-hybridized carbons (Fsp3) is 0.174. The molecule has 3 nitrogen and oxygen atoms in total. The fourth-order valence-electron chi connectivity index (χ4n) is 3.05. The lowest BCUT2D eigenvalue weighted by molar-refractivity contribution is -0.136. The van der Waals surface area contributed by atoms with Gasteiger partial charge in [-0.3, -0.25) is 9.69 Å². The molecular weight excluding hydrogens is 322 g/mol. The molecule has 0 spiro atoms. The largest absolute Gasteiger partial charge is 0.481 e. The Morgan fingerprint density at radius 1 is 0.615 bits per heavy atom.